The lowest BCUT2D eigenvalue weighted by Gasteiger charge is -2.15. The number of nitrogens with zero attached hydrogens (tertiary/aromatic N) is 1. The highest BCUT2D eigenvalue weighted by atomic mass is 32.2. The van der Waals surface area contributed by atoms with E-state index in [-0.39, 0.29) is 22.2 Å². The van der Waals surface area contributed by atoms with Crippen LogP contribution in [0.4, 0.5) is 0 Å². The number of aromatic nitrogens is 1. The number of carbonyl (C=O) groups is 1. The monoisotopic (exact) mass is 744 g/mol. The number of rotatable bonds is 8. The highest BCUT2D eigenvalue weighted by molar-refractivity contribution is 7.99. The molecule has 9 heteroatoms. The molecule has 1 saturated carbocycles. The SMILES string of the molecule is CC(C)(C)c1coc(-c2cccnc2)c1.CC(C)(C)c1coc(C(=O)NC2CC2)c1.CCP(=O)(CC)c1cccc(Sc2cc(C(C)(C)C)co2)c1. The molecule has 0 unspecified atom stereocenters. The van der Waals surface area contributed by atoms with Crippen molar-refractivity contribution in [3.8, 4) is 11.3 Å². The molecule has 0 atom stereocenters. The molecule has 1 amide bonds. The zero-order valence-corrected chi connectivity index (χ0v) is 34.5. The van der Waals surface area contributed by atoms with Crippen molar-refractivity contribution in [3.63, 3.8) is 0 Å². The second-order valence-electron chi connectivity index (χ2n) is 16.4. The van der Waals surface area contributed by atoms with Crippen molar-refractivity contribution in [2.24, 2.45) is 0 Å². The minimum Gasteiger partial charge on any atom is -0.464 e. The number of hydrogen-bond acceptors (Lipinski definition) is 7. The number of carbonyl (C=O) groups excluding carboxylic acids is 1. The lowest BCUT2D eigenvalue weighted by atomic mass is 9.89. The van der Waals surface area contributed by atoms with E-state index in [9.17, 15) is 9.36 Å². The van der Waals surface area contributed by atoms with Gasteiger partial charge in [0.2, 0.25) is 0 Å². The second kappa shape index (κ2) is 16.9. The lowest BCUT2D eigenvalue weighted by Crippen LogP contribution is -2.24. The highest BCUT2D eigenvalue weighted by Crippen LogP contribution is 2.44. The maximum absolute atomic E-state index is 12.9. The van der Waals surface area contributed by atoms with Gasteiger partial charge in [0.1, 0.15) is 12.9 Å². The minimum atomic E-state index is -2.23. The molecule has 1 aliphatic rings. The summed E-state index contributed by atoms with van der Waals surface area (Å²) < 4.78 is 29.3. The average molecular weight is 745 g/mol. The van der Waals surface area contributed by atoms with E-state index in [4.69, 9.17) is 13.3 Å². The van der Waals surface area contributed by atoms with Crippen molar-refractivity contribution in [1.29, 1.82) is 0 Å². The molecule has 4 heterocycles. The Labute approximate surface area is 315 Å². The van der Waals surface area contributed by atoms with Gasteiger partial charge >= 0.3 is 0 Å². The zero-order valence-electron chi connectivity index (χ0n) is 32.8. The Balaban J connectivity index is 0.000000179. The number of furan rings is 3. The molecular weight excluding hydrogens is 688 g/mol. The average Bonchev–Trinajstić information content (AvgIpc) is 3.50. The maximum Gasteiger partial charge on any atom is 0.287 e. The summed E-state index contributed by atoms with van der Waals surface area (Å²) in [5.74, 6) is 1.22. The van der Waals surface area contributed by atoms with Gasteiger partial charge in [0.05, 0.1) is 18.8 Å². The largest absolute Gasteiger partial charge is 0.464 e. The molecule has 0 spiro atoms. The van der Waals surface area contributed by atoms with E-state index in [0.717, 1.165) is 45.0 Å². The Bertz CT molecular complexity index is 1920. The summed E-state index contributed by atoms with van der Waals surface area (Å²) in [6, 6.07) is 18.4. The van der Waals surface area contributed by atoms with Crippen molar-refractivity contribution in [3.05, 3.63) is 108 Å². The third-order valence-electron chi connectivity index (χ3n) is 8.98. The minimum absolute atomic E-state index is 0.0294. The van der Waals surface area contributed by atoms with E-state index >= 15 is 0 Å². The van der Waals surface area contributed by atoms with Gasteiger partial charge in [-0.2, -0.15) is 0 Å². The van der Waals surface area contributed by atoms with Crippen LogP contribution in [-0.2, 0) is 20.8 Å². The molecule has 1 N–H and O–H groups in total. The Hall–Kier alpha value is -3.74. The zero-order chi connectivity index (χ0) is 38.3. The number of nitrogens with one attached hydrogen (secondary N) is 1. The molecule has 7 nitrogen and oxygen atoms in total. The third-order valence-corrected chi connectivity index (χ3v) is 13.2. The van der Waals surface area contributed by atoms with Gasteiger partial charge in [-0.1, -0.05) is 100 Å². The smallest absolute Gasteiger partial charge is 0.287 e. The molecule has 1 aromatic carbocycles. The summed E-state index contributed by atoms with van der Waals surface area (Å²) in [6.45, 7) is 23.3. The van der Waals surface area contributed by atoms with Crippen LogP contribution in [-0.4, -0.2) is 29.3 Å². The molecule has 280 valence electrons. The summed E-state index contributed by atoms with van der Waals surface area (Å²) >= 11 is 1.59. The molecule has 6 rings (SSSR count). The first kappa shape index (κ1) is 41.0. The summed E-state index contributed by atoms with van der Waals surface area (Å²) in [6.07, 6.45) is 12.5. The Kier molecular flexibility index (Phi) is 13.4. The third kappa shape index (κ3) is 11.6. The van der Waals surface area contributed by atoms with Crippen LogP contribution in [0.25, 0.3) is 11.3 Å². The van der Waals surface area contributed by atoms with Gasteiger partial charge in [-0.25, -0.2) is 0 Å². The molecule has 1 fully saturated rings. The molecule has 52 heavy (non-hydrogen) atoms. The van der Waals surface area contributed by atoms with E-state index < -0.39 is 7.14 Å². The fraction of sp³-hybridized carbons (Fsp3) is 0.442. The fourth-order valence-corrected chi connectivity index (χ4v) is 7.83. The Morgan fingerprint density at radius 1 is 0.788 bits per heavy atom. The van der Waals surface area contributed by atoms with Crippen molar-refractivity contribution in [2.75, 3.05) is 12.3 Å². The van der Waals surface area contributed by atoms with E-state index in [1.54, 1.807) is 24.2 Å². The van der Waals surface area contributed by atoms with Gasteiger partial charge in [-0.15, -0.1) is 0 Å². The standard InChI is InChI=1S/C18H25O2PS.C13H15NO.C12H17NO2/c1-6-21(19,7-2)15-9-8-10-16(12-15)22-17-11-14(13-20-17)18(3,4)5;1-13(2,3)11-7-12(15-9-11)10-5-4-6-14-8-10;1-12(2,3)8-6-10(15-7-8)11(14)13-9-4-5-9/h8-13H,6-7H2,1-5H3;4-9H,1-3H3;6-7,9H,4-5H2,1-3H3,(H,13,14). The van der Waals surface area contributed by atoms with Crippen LogP contribution in [0.15, 0.2) is 109 Å². The van der Waals surface area contributed by atoms with Gasteiger partial charge in [0.25, 0.3) is 5.91 Å². The van der Waals surface area contributed by atoms with Crippen LogP contribution in [0.1, 0.15) is 116 Å². The molecule has 5 aromatic rings. The molecule has 1 aliphatic carbocycles. The van der Waals surface area contributed by atoms with Crippen molar-refractivity contribution >= 4 is 30.1 Å². The van der Waals surface area contributed by atoms with Crippen LogP contribution in [0.2, 0.25) is 0 Å². The van der Waals surface area contributed by atoms with E-state index in [2.05, 4.69) is 90.8 Å². The van der Waals surface area contributed by atoms with Crippen LogP contribution in [0.3, 0.4) is 0 Å². The summed E-state index contributed by atoms with van der Waals surface area (Å²) in [7, 11) is -2.23. The van der Waals surface area contributed by atoms with Crippen molar-refractivity contribution in [2.45, 2.75) is 121 Å². The van der Waals surface area contributed by atoms with Gasteiger partial charge < -0.3 is 23.1 Å². The topological polar surface area (TPSA) is 98.5 Å². The summed E-state index contributed by atoms with van der Waals surface area (Å²) in [5.41, 5.74) is 4.73. The second-order valence-corrected chi connectivity index (χ2v) is 21.1. The predicted octanol–water partition coefficient (Wildman–Crippen LogP) is 11.9. The van der Waals surface area contributed by atoms with Crippen LogP contribution < -0.4 is 10.6 Å². The number of hydrogen-bond donors (Lipinski definition) is 1. The molecule has 0 bridgehead atoms. The number of benzene rings is 1. The highest BCUT2D eigenvalue weighted by Gasteiger charge is 2.26. The van der Waals surface area contributed by atoms with Crippen LogP contribution >= 0.6 is 18.9 Å². The maximum atomic E-state index is 12.9. The lowest BCUT2D eigenvalue weighted by molar-refractivity contribution is 0.0923. The normalized spacial score (nSPS) is 13.4. The van der Waals surface area contributed by atoms with Gasteiger partial charge in [-0.05, 0) is 88.2 Å². The first-order valence-corrected chi connectivity index (χ1v) is 21.1. The van der Waals surface area contributed by atoms with Crippen molar-refractivity contribution < 1.29 is 22.6 Å². The van der Waals surface area contributed by atoms with Gasteiger partial charge in [0, 0.05) is 46.5 Å². The summed E-state index contributed by atoms with van der Waals surface area (Å²) in [4.78, 5) is 16.8. The molecular formula is C43H57N2O5PS. The van der Waals surface area contributed by atoms with Crippen molar-refractivity contribution in [1.82, 2.24) is 10.3 Å². The fourth-order valence-electron chi connectivity index (χ4n) is 4.99. The van der Waals surface area contributed by atoms with Gasteiger partial charge in [-0.3, -0.25) is 9.78 Å². The Morgan fingerprint density at radius 2 is 1.38 bits per heavy atom. The summed E-state index contributed by atoms with van der Waals surface area (Å²) in [5, 5.41) is 4.76. The van der Waals surface area contributed by atoms with E-state index in [0.29, 0.717) is 24.1 Å². The van der Waals surface area contributed by atoms with Gasteiger partial charge in [0.15, 0.2) is 10.9 Å². The first-order chi connectivity index (χ1) is 24.3. The van der Waals surface area contributed by atoms with E-state index in [1.165, 1.54) is 11.1 Å². The number of amides is 1. The Morgan fingerprint density at radius 3 is 1.90 bits per heavy atom. The first-order valence-electron chi connectivity index (χ1n) is 18.2. The van der Waals surface area contributed by atoms with Crippen LogP contribution in [0, 0.1) is 0 Å². The molecule has 0 radical (unpaired) electrons. The molecule has 4 aromatic heterocycles. The van der Waals surface area contributed by atoms with E-state index in [1.807, 2.05) is 69.0 Å². The predicted molar refractivity (Wildman–Crippen MR) is 215 cm³/mol. The molecule has 0 saturated heterocycles. The number of pyridine rings is 1. The molecule has 0 aliphatic heterocycles. The quantitative estimate of drug-likeness (QED) is 0.158. The van der Waals surface area contributed by atoms with Crippen LogP contribution in [0.5, 0.6) is 0 Å².